The SMILES string of the molecule is O.O=C(O)COCCOCC(=O)O.O=CCOCCOCC(=O)O. The first-order chi connectivity index (χ1) is 10.9. The molecule has 0 aromatic heterocycles. The van der Waals surface area contributed by atoms with Crippen molar-refractivity contribution < 1.29 is 58.9 Å². The van der Waals surface area contributed by atoms with Crippen molar-refractivity contribution in [2.75, 3.05) is 52.9 Å². The van der Waals surface area contributed by atoms with E-state index in [9.17, 15) is 19.2 Å². The summed E-state index contributed by atoms with van der Waals surface area (Å²) in [5.74, 6) is -3.14. The predicted molar refractivity (Wildman–Crippen MR) is 75.9 cm³/mol. The molecule has 0 aromatic carbocycles. The van der Waals surface area contributed by atoms with E-state index in [2.05, 4.69) is 18.9 Å². The van der Waals surface area contributed by atoms with Crippen LogP contribution in [0.5, 0.6) is 0 Å². The second-order valence-electron chi connectivity index (χ2n) is 3.58. The zero-order valence-corrected chi connectivity index (χ0v) is 12.8. The van der Waals surface area contributed by atoms with Crippen molar-refractivity contribution in [3.05, 3.63) is 0 Å². The highest BCUT2D eigenvalue weighted by molar-refractivity contribution is 5.68. The molecule has 0 spiro atoms. The zero-order chi connectivity index (χ0) is 17.9. The van der Waals surface area contributed by atoms with Gasteiger partial charge in [0.25, 0.3) is 0 Å². The molecule has 0 aliphatic carbocycles. The molecule has 142 valence electrons. The van der Waals surface area contributed by atoms with Gasteiger partial charge in [0.2, 0.25) is 0 Å². The fraction of sp³-hybridized carbons (Fsp3) is 0.667. The Morgan fingerprint density at radius 2 is 0.958 bits per heavy atom. The molecular formula is C12H22O12. The number of carboxylic acids is 3. The minimum atomic E-state index is -1.06. The van der Waals surface area contributed by atoms with E-state index in [0.717, 1.165) is 0 Å². The van der Waals surface area contributed by atoms with Crippen LogP contribution in [0, 0.1) is 0 Å². The van der Waals surface area contributed by atoms with E-state index >= 15 is 0 Å². The van der Waals surface area contributed by atoms with Crippen LogP contribution in [-0.2, 0) is 38.1 Å². The van der Waals surface area contributed by atoms with Gasteiger partial charge < -0.3 is 44.5 Å². The van der Waals surface area contributed by atoms with Gasteiger partial charge in [-0.2, -0.15) is 0 Å². The summed E-state index contributed by atoms with van der Waals surface area (Å²) in [5.41, 5.74) is 0. The lowest BCUT2D eigenvalue weighted by Crippen LogP contribution is -2.14. The first kappa shape index (κ1) is 26.8. The molecule has 0 fully saturated rings. The van der Waals surface area contributed by atoms with Gasteiger partial charge in [0.1, 0.15) is 32.7 Å². The quantitative estimate of drug-likeness (QED) is 0.222. The Kier molecular flexibility index (Phi) is 23.3. The van der Waals surface area contributed by atoms with E-state index in [0.29, 0.717) is 6.29 Å². The lowest BCUT2D eigenvalue weighted by atomic mass is 10.7. The van der Waals surface area contributed by atoms with Gasteiger partial charge in [0.05, 0.1) is 26.4 Å². The van der Waals surface area contributed by atoms with Crippen LogP contribution in [0.4, 0.5) is 0 Å². The van der Waals surface area contributed by atoms with E-state index in [1.807, 2.05) is 0 Å². The van der Waals surface area contributed by atoms with Crippen molar-refractivity contribution >= 4 is 24.2 Å². The van der Waals surface area contributed by atoms with Crippen LogP contribution in [0.2, 0.25) is 0 Å². The number of carboxylic acid groups (broad SMARTS) is 3. The summed E-state index contributed by atoms with van der Waals surface area (Å²) in [6, 6.07) is 0. The highest BCUT2D eigenvalue weighted by Crippen LogP contribution is 1.79. The molecule has 0 saturated heterocycles. The fourth-order valence-corrected chi connectivity index (χ4v) is 0.846. The van der Waals surface area contributed by atoms with Crippen molar-refractivity contribution in [2.45, 2.75) is 0 Å². The molecule has 0 saturated carbocycles. The van der Waals surface area contributed by atoms with Crippen LogP contribution in [0.1, 0.15) is 0 Å². The number of aliphatic carboxylic acids is 3. The highest BCUT2D eigenvalue weighted by atomic mass is 16.5. The van der Waals surface area contributed by atoms with Crippen molar-refractivity contribution in [1.29, 1.82) is 0 Å². The second kappa shape index (κ2) is 20.9. The molecule has 0 rings (SSSR count). The van der Waals surface area contributed by atoms with Gasteiger partial charge in [0.15, 0.2) is 0 Å². The van der Waals surface area contributed by atoms with Crippen molar-refractivity contribution in [3.63, 3.8) is 0 Å². The average molecular weight is 358 g/mol. The van der Waals surface area contributed by atoms with Crippen molar-refractivity contribution in [1.82, 2.24) is 0 Å². The summed E-state index contributed by atoms with van der Waals surface area (Å²) in [7, 11) is 0. The Hall–Kier alpha value is -2.12. The molecule has 12 heteroatoms. The standard InChI is InChI=1S/C6H10O6.C6H10O5.H2O/c7-5(8)3-11-1-2-12-4-6(9)10;7-1-2-10-3-4-11-5-6(8)9;/h1-4H2,(H,7,8)(H,9,10);1H,2-5H2,(H,8,9);1H2. The molecule has 0 unspecified atom stereocenters. The monoisotopic (exact) mass is 358 g/mol. The van der Waals surface area contributed by atoms with Crippen molar-refractivity contribution in [3.8, 4) is 0 Å². The number of hydrogen-bond acceptors (Lipinski definition) is 8. The third-order valence-corrected chi connectivity index (χ3v) is 1.61. The normalized spacial score (nSPS) is 9.17. The molecule has 0 radical (unpaired) electrons. The maximum atomic E-state index is 9.88. The van der Waals surface area contributed by atoms with Gasteiger partial charge in [-0.3, -0.25) is 0 Å². The molecule has 0 aliphatic heterocycles. The Morgan fingerprint density at radius 1 is 0.667 bits per heavy atom. The predicted octanol–water partition coefficient (Wildman–Crippen LogP) is -2.33. The topological polar surface area (TPSA) is 197 Å². The molecule has 0 atom stereocenters. The van der Waals surface area contributed by atoms with Crippen LogP contribution >= 0.6 is 0 Å². The van der Waals surface area contributed by atoms with Gasteiger partial charge in [-0.1, -0.05) is 0 Å². The lowest BCUT2D eigenvalue weighted by Gasteiger charge is -2.00. The van der Waals surface area contributed by atoms with E-state index in [4.69, 9.17) is 15.3 Å². The van der Waals surface area contributed by atoms with E-state index in [1.54, 1.807) is 0 Å². The van der Waals surface area contributed by atoms with Crippen LogP contribution < -0.4 is 0 Å². The number of ether oxygens (including phenoxy) is 4. The first-order valence-electron chi connectivity index (χ1n) is 6.30. The number of aldehydes is 1. The van der Waals surface area contributed by atoms with Crippen molar-refractivity contribution in [2.24, 2.45) is 0 Å². The third kappa shape index (κ3) is 32.0. The van der Waals surface area contributed by atoms with Crippen LogP contribution in [0.15, 0.2) is 0 Å². The largest absolute Gasteiger partial charge is 0.480 e. The van der Waals surface area contributed by atoms with Crippen LogP contribution in [0.25, 0.3) is 0 Å². The Balaban J connectivity index is -0.000000354. The maximum Gasteiger partial charge on any atom is 0.329 e. The molecule has 0 aromatic rings. The smallest absolute Gasteiger partial charge is 0.329 e. The summed E-state index contributed by atoms with van der Waals surface area (Å²) >= 11 is 0. The first-order valence-corrected chi connectivity index (χ1v) is 6.30. The Labute approximate surface area is 137 Å². The van der Waals surface area contributed by atoms with Gasteiger partial charge in [-0.05, 0) is 0 Å². The molecular weight excluding hydrogens is 336 g/mol. The van der Waals surface area contributed by atoms with Gasteiger partial charge in [-0.15, -0.1) is 0 Å². The summed E-state index contributed by atoms with van der Waals surface area (Å²) in [4.78, 5) is 39.3. The molecule has 0 heterocycles. The maximum absolute atomic E-state index is 9.88. The molecule has 5 N–H and O–H groups in total. The van der Waals surface area contributed by atoms with E-state index < -0.39 is 31.1 Å². The number of carbonyl (C=O) groups is 4. The Morgan fingerprint density at radius 3 is 1.21 bits per heavy atom. The minimum absolute atomic E-state index is 0. The highest BCUT2D eigenvalue weighted by Gasteiger charge is 1.98. The van der Waals surface area contributed by atoms with Gasteiger partial charge in [0, 0.05) is 0 Å². The molecule has 0 bridgehead atoms. The number of carbonyl (C=O) groups excluding carboxylic acids is 1. The summed E-state index contributed by atoms with van der Waals surface area (Å²) in [6.45, 7) is -0.487. The molecule has 24 heavy (non-hydrogen) atoms. The average Bonchev–Trinajstić information content (AvgIpc) is 2.46. The fourth-order valence-electron chi connectivity index (χ4n) is 0.846. The minimum Gasteiger partial charge on any atom is -0.480 e. The summed E-state index contributed by atoms with van der Waals surface area (Å²) in [6.07, 6.45) is 0.622. The van der Waals surface area contributed by atoms with Gasteiger partial charge in [-0.25, -0.2) is 14.4 Å². The molecule has 0 aliphatic rings. The molecule has 0 amide bonds. The third-order valence-electron chi connectivity index (χ3n) is 1.61. The van der Waals surface area contributed by atoms with E-state index in [-0.39, 0.29) is 45.1 Å². The molecule has 12 nitrogen and oxygen atoms in total. The van der Waals surface area contributed by atoms with Crippen LogP contribution in [0.3, 0.4) is 0 Å². The van der Waals surface area contributed by atoms with E-state index in [1.165, 1.54) is 0 Å². The summed E-state index contributed by atoms with van der Waals surface area (Å²) < 4.78 is 18.4. The lowest BCUT2D eigenvalue weighted by molar-refractivity contribution is -0.146. The summed E-state index contributed by atoms with van der Waals surface area (Å²) in [5, 5.41) is 24.3. The number of hydrogen-bond donors (Lipinski definition) is 3. The zero-order valence-electron chi connectivity index (χ0n) is 12.8. The second-order valence-corrected chi connectivity index (χ2v) is 3.58. The number of rotatable bonds is 14. The van der Waals surface area contributed by atoms with Crippen LogP contribution in [-0.4, -0.2) is 97.8 Å². The van der Waals surface area contributed by atoms with Gasteiger partial charge >= 0.3 is 17.9 Å². The Bertz CT molecular complexity index is 325.